The highest BCUT2D eigenvalue weighted by Crippen LogP contribution is 2.19. The topological polar surface area (TPSA) is 68.5 Å². The summed E-state index contributed by atoms with van der Waals surface area (Å²) in [7, 11) is 0. The Bertz CT molecular complexity index is 647. The van der Waals surface area contributed by atoms with Crippen LogP contribution in [0.1, 0.15) is 11.3 Å². The van der Waals surface area contributed by atoms with Crippen LogP contribution in [0.5, 0.6) is 0 Å². The molecule has 0 radical (unpaired) electrons. The first-order valence-electron chi connectivity index (χ1n) is 5.78. The lowest BCUT2D eigenvalue weighted by molar-refractivity contribution is 0.789. The largest absolute Gasteiger partial charge is 0.379 e. The molecular formula is C12H12N6S. The van der Waals surface area contributed by atoms with E-state index in [0.717, 1.165) is 17.1 Å². The molecule has 0 spiro atoms. The van der Waals surface area contributed by atoms with E-state index in [0.29, 0.717) is 6.54 Å². The van der Waals surface area contributed by atoms with Crippen molar-refractivity contribution in [3.05, 3.63) is 46.7 Å². The smallest absolute Gasteiger partial charge is 0.143 e. The van der Waals surface area contributed by atoms with E-state index in [4.69, 9.17) is 0 Å². The number of hydrogen-bond acceptors (Lipinski definition) is 6. The number of rotatable bonds is 4. The van der Waals surface area contributed by atoms with Crippen LogP contribution in [0.4, 0.5) is 5.69 Å². The number of aryl methyl sites for hydroxylation is 1. The molecule has 19 heavy (non-hydrogen) atoms. The lowest BCUT2D eigenvalue weighted by atomic mass is 10.2. The summed E-state index contributed by atoms with van der Waals surface area (Å²) < 4.78 is 1.63. The minimum atomic E-state index is 0.712. The standard InChI is InChI=1S/C12H12N6S/c1-9-2-3-11(18-7-15-16-17-18)4-12(9)13-5-10-6-19-8-14-10/h2-4,6-8,13H,5H2,1H3. The zero-order chi connectivity index (χ0) is 13.1. The average molecular weight is 272 g/mol. The maximum atomic E-state index is 4.25. The molecule has 7 heteroatoms. The Kier molecular flexibility index (Phi) is 3.20. The molecule has 0 aliphatic rings. The second-order valence-electron chi connectivity index (χ2n) is 4.09. The van der Waals surface area contributed by atoms with Gasteiger partial charge in [0, 0.05) is 11.1 Å². The number of thiazole rings is 1. The molecule has 6 nitrogen and oxygen atoms in total. The molecule has 0 saturated carbocycles. The number of benzene rings is 1. The first-order chi connectivity index (χ1) is 9.33. The Balaban J connectivity index is 1.82. The highest BCUT2D eigenvalue weighted by atomic mass is 32.1. The molecule has 0 saturated heterocycles. The van der Waals surface area contributed by atoms with Crippen molar-refractivity contribution in [2.75, 3.05) is 5.32 Å². The van der Waals surface area contributed by atoms with Crippen molar-refractivity contribution in [1.29, 1.82) is 0 Å². The molecule has 0 bridgehead atoms. The predicted octanol–water partition coefficient (Wildman–Crippen LogP) is 2.04. The third kappa shape index (κ3) is 2.60. The molecular weight excluding hydrogens is 260 g/mol. The molecule has 0 aliphatic heterocycles. The molecule has 0 aliphatic carbocycles. The van der Waals surface area contributed by atoms with E-state index in [1.54, 1.807) is 22.3 Å². The van der Waals surface area contributed by atoms with Crippen molar-refractivity contribution in [3.63, 3.8) is 0 Å². The van der Waals surface area contributed by atoms with Gasteiger partial charge >= 0.3 is 0 Å². The van der Waals surface area contributed by atoms with Crippen molar-refractivity contribution in [3.8, 4) is 5.69 Å². The van der Waals surface area contributed by atoms with E-state index >= 15 is 0 Å². The molecule has 3 rings (SSSR count). The van der Waals surface area contributed by atoms with Crippen LogP contribution in [0.15, 0.2) is 35.4 Å². The van der Waals surface area contributed by atoms with Crippen LogP contribution < -0.4 is 5.32 Å². The van der Waals surface area contributed by atoms with Crippen LogP contribution in [0, 0.1) is 6.92 Å². The third-order valence-electron chi connectivity index (χ3n) is 2.78. The van der Waals surface area contributed by atoms with Crippen molar-refractivity contribution in [2.45, 2.75) is 13.5 Å². The highest BCUT2D eigenvalue weighted by molar-refractivity contribution is 7.07. The van der Waals surface area contributed by atoms with Crippen LogP contribution in [0.25, 0.3) is 5.69 Å². The first-order valence-corrected chi connectivity index (χ1v) is 6.72. The second kappa shape index (κ2) is 5.15. The zero-order valence-electron chi connectivity index (χ0n) is 10.3. The van der Waals surface area contributed by atoms with Gasteiger partial charge in [-0.15, -0.1) is 16.4 Å². The predicted molar refractivity (Wildman–Crippen MR) is 73.3 cm³/mol. The van der Waals surface area contributed by atoms with Gasteiger partial charge in [-0.25, -0.2) is 9.67 Å². The molecule has 0 amide bonds. The number of anilines is 1. The van der Waals surface area contributed by atoms with Gasteiger partial charge in [0.2, 0.25) is 0 Å². The molecule has 96 valence electrons. The van der Waals surface area contributed by atoms with Gasteiger partial charge in [-0.3, -0.25) is 0 Å². The number of nitrogens with zero attached hydrogens (tertiary/aromatic N) is 5. The van der Waals surface area contributed by atoms with Gasteiger partial charge in [-0.2, -0.15) is 0 Å². The fourth-order valence-electron chi connectivity index (χ4n) is 1.73. The van der Waals surface area contributed by atoms with Crippen LogP contribution in [0.2, 0.25) is 0 Å². The number of tetrazole rings is 1. The third-order valence-corrected chi connectivity index (χ3v) is 3.41. The monoisotopic (exact) mass is 272 g/mol. The Morgan fingerprint density at radius 1 is 1.37 bits per heavy atom. The fourth-order valence-corrected chi connectivity index (χ4v) is 2.29. The van der Waals surface area contributed by atoms with E-state index in [1.807, 2.05) is 29.1 Å². The quantitative estimate of drug-likeness (QED) is 0.787. The van der Waals surface area contributed by atoms with E-state index in [2.05, 4.69) is 32.7 Å². The first kappa shape index (κ1) is 11.8. The lowest BCUT2D eigenvalue weighted by Gasteiger charge is -2.10. The van der Waals surface area contributed by atoms with Crippen LogP contribution in [-0.4, -0.2) is 25.2 Å². The minimum Gasteiger partial charge on any atom is -0.379 e. The lowest BCUT2D eigenvalue weighted by Crippen LogP contribution is -2.03. The van der Waals surface area contributed by atoms with Crippen LogP contribution >= 0.6 is 11.3 Å². The Morgan fingerprint density at radius 3 is 3.05 bits per heavy atom. The fraction of sp³-hybridized carbons (Fsp3) is 0.167. The summed E-state index contributed by atoms with van der Waals surface area (Å²) in [5.74, 6) is 0. The molecule has 2 heterocycles. The van der Waals surface area contributed by atoms with Crippen LogP contribution in [-0.2, 0) is 6.54 Å². The van der Waals surface area contributed by atoms with Gasteiger partial charge in [0.15, 0.2) is 0 Å². The van der Waals surface area contributed by atoms with Gasteiger partial charge in [0.1, 0.15) is 6.33 Å². The number of nitrogens with one attached hydrogen (secondary N) is 1. The van der Waals surface area contributed by atoms with E-state index in [-0.39, 0.29) is 0 Å². The molecule has 1 N–H and O–H groups in total. The van der Waals surface area contributed by atoms with Gasteiger partial charge in [0.05, 0.1) is 23.4 Å². The number of aromatic nitrogens is 5. The summed E-state index contributed by atoms with van der Waals surface area (Å²) in [5, 5.41) is 16.6. The molecule has 1 aromatic carbocycles. The molecule has 3 aromatic rings. The molecule has 0 unspecified atom stereocenters. The summed E-state index contributed by atoms with van der Waals surface area (Å²) >= 11 is 1.60. The SMILES string of the molecule is Cc1ccc(-n2cnnn2)cc1NCc1cscn1. The highest BCUT2D eigenvalue weighted by Gasteiger charge is 2.04. The van der Waals surface area contributed by atoms with E-state index in [9.17, 15) is 0 Å². The normalized spacial score (nSPS) is 10.6. The van der Waals surface area contributed by atoms with E-state index in [1.165, 1.54) is 5.56 Å². The van der Waals surface area contributed by atoms with Crippen molar-refractivity contribution in [2.24, 2.45) is 0 Å². The Hall–Kier alpha value is -2.28. The Labute approximate surface area is 114 Å². The molecule has 2 aromatic heterocycles. The maximum absolute atomic E-state index is 4.25. The summed E-state index contributed by atoms with van der Waals surface area (Å²) in [6.07, 6.45) is 1.58. The summed E-state index contributed by atoms with van der Waals surface area (Å²) in [4.78, 5) is 4.25. The molecule has 0 fully saturated rings. The maximum Gasteiger partial charge on any atom is 0.143 e. The van der Waals surface area contributed by atoms with Crippen molar-refractivity contribution < 1.29 is 0 Å². The van der Waals surface area contributed by atoms with Crippen LogP contribution in [0.3, 0.4) is 0 Å². The summed E-state index contributed by atoms with van der Waals surface area (Å²) in [5.41, 5.74) is 6.03. The van der Waals surface area contributed by atoms with Crippen molar-refractivity contribution in [1.82, 2.24) is 25.2 Å². The van der Waals surface area contributed by atoms with Gasteiger partial charge in [-0.1, -0.05) is 6.07 Å². The zero-order valence-corrected chi connectivity index (χ0v) is 11.1. The van der Waals surface area contributed by atoms with Crippen molar-refractivity contribution >= 4 is 17.0 Å². The molecule has 0 atom stereocenters. The second-order valence-corrected chi connectivity index (χ2v) is 4.81. The summed E-state index contributed by atoms with van der Waals surface area (Å²) in [6, 6.07) is 6.05. The van der Waals surface area contributed by atoms with Gasteiger partial charge in [-0.05, 0) is 35.0 Å². The number of hydrogen-bond donors (Lipinski definition) is 1. The van der Waals surface area contributed by atoms with Gasteiger partial charge < -0.3 is 5.32 Å². The summed E-state index contributed by atoms with van der Waals surface area (Å²) in [6.45, 7) is 2.77. The van der Waals surface area contributed by atoms with Gasteiger partial charge in [0.25, 0.3) is 0 Å². The Morgan fingerprint density at radius 2 is 2.32 bits per heavy atom. The van der Waals surface area contributed by atoms with E-state index < -0.39 is 0 Å². The minimum absolute atomic E-state index is 0.712. The average Bonchev–Trinajstić information content (AvgIpc) is 3.11.